The number of rotatable bonds is 4. The SMILES string of the molecule is CCC1(CC)CC(N2CCc3cc(C(=O)NO)cc(F)c3C2)C1. The Kier molecular flexibility index (Phi) is 4.43. The van der Waals surface area contributed by atoms with Crippen LogP contribution in [0.1, 0.15) is 61.0 Å². The van der Waals surface area contributed by atoms with Gasteiger partial charge in [0.05, 0.1) is 0 Å². The van der Waals surface area contributed by atoms with Crippen molar-refractivity contribution >= 4 is 5.91 Å². The first-order valence-corrected chi connectivity index (χ1v) is 8.51. The molecule has 2 N–H and O–H groups in total. The van der Waals surface area contributed by atoms with Crippen LogP contribution in [-0.4, -0.2) is 28.6 Å². The molecule has 1 heterocycles. The molecule has 1 fully saturated rings. The fraction of sp³-hybridized carbons (Fsp3) is 0.611. The molecule has 0 spiro atoms. The Labute approximate surface area is 136 Å². The number of nitrogens with zero attached hydrogens (tertiary/aromatic N) is 1. The second-order valence-electron chi connectivity index (χ2n) is 7.03. The minimum atomic E-state index is -0.663. The van der Waals surface area contributed by atoms with Crippen LogP contribution in [0.2, 0.25) is 0 Å². The molecule has 1 aromatic carbocycles. The lowest BCUT2D eigenvalue weighted by molar-refractivity contribution is -0.0127. The number of nitrogens with one attached hydrogen (secondary N) is 1. The van der Waals surface area contributed by atoms with Crippen molar-refractivity contribution in [3.05, 3.63) is 34.6 Å². The van der Waals surface area contributed by atoms with E-state index in [-0.39, 0.29) is 11.4 Å². The summed E-state index contributed by atoms with van der Waals surface area (Å²) in [5.74, 6) is -1.01. The van der Waals surface area contributed by atoms with Crippen LogP contribution in [0.4, 0.5) is 4.39 Å². The van der Waals surface area contributed by atoms with Crippen molar-refractivity contribution in [1.29, 1.82) is 0 Å². The Morgan fingerprint density at radius 2 is 2.09 bits per heavy atom. The molecule has 126 valence electrons. The highest BCUT2D eigenvalue weighted by Crippen LogP contribution is 2.49. The van der Waals surface area contributed by atoms with Crippen molar-refractivity contribution in [3.8, 4) is 0 Å². The molecule has 2 aliphatic rings. The van der Waals surface area contributed by atoms with E-state index in [0.29, 0.717) is 23.6 Å². The third-order valence-electron chi connectivity index (χ3n) is 6.03. The lowest BCUT2D eigenvalue weighted by Crippen LogP contribution is -2.52. The summed E-state index contributed by atoms with van der Waals surface area (Å²) in [6, 6.07) is 3.48. The van der Waals surface area contributed by atoms with E-state index >= 15 is 0 Å². The zero-order chi connectivity index (χ0) is 16.6. The lowest BCUT2D eigenvalue weighted by atomic mass is 9.61. The Morgan fingerprint density at radius 1 is 1.39 bits per heavy atom. The van der Waals surface area contributed by atoms with Crippen molar-refractivity contribution in [3.63, 3.8) is 0 Å². The molecule has 1 aliphatic carbocycles. The van der Waals surface area contributed by atoms with E-state index in [1.54, 1.807) is 11.5 Å². The third-order valence-corrected chi connectivity index (χ3v) is 6.03. The van der Waals surface area contributed by atoms with Gasteiger partial charge in [-0.1, -0.05) is 26.7 Å². The van der Waals surface area contributed by atoms with Crippen molar-refractivity contribution in [2.45, 2.75) is 58.5 Å². The normalized spacial score (nSPS) is 20.7. The van der Waals surface area contributed by atoms with Crippen molar-refractivity contribution < 1.29 is 14.4 Å². The Hall–Kier alpha value is -1.46. The molecular weight excluding hydrogens is 295 g/mol. The summed E-state index contributed by atoms with van der Waals surface area (Å²) < 4.78 is 14.4. The van der Waals surface area contributed by atoms with Crippen molar-refractivity contribution in [1.82, 2.24) is 10.4 Å². The Morgan fingerprint density at radius 3 is 2.70 bits per heavy atom. The Balaban J connectivity index is 1.74. The van der Waals surface area contributed by atoms with Gasteiger partial charge < -0.3 is 0 Å². The summed E-state index contributed by atoms with van der Waals surface area (Å²) in [4.78, 5) is 13.9. The number of amides is 1. The number of hydrogen-bond acceptors (Lipinski definition) is 3. The first-order chi connectivity index (χ1) is 11.0. The number of carbonyl (C=O) groups is 1. The molecule has 3 rings (SSSR count). The van der Waals surface area contributed by atoms with Gasteiger partial charge in [-0.15, -0.1) is 0 Å². The van der Waals surface area contributed by atoms with Gasteiger partial charge in [0.25, 0.3) is 5.91 Å². The standard InChI is InChI=1S/C18H25FN2O2/c1-3-18(4-2)9-14(10-18)21-6-5-12-7-13(17(22)20-23)8-16(19)15(12)11-21/h7-8,14,23H,3-6,9-11H2,1-2H3,(H,20,22). The zero-order valence-corrected chi connectivity index (χ0v) is 13.9. The van der Waals surface area contributed by atoms with Crippen LogP contribution in [0, 0.1) is 11.2 Å². The van der Waals surface area contributed by atoms with Gasteiger partial charge in [0.1, 0.15) is 5.82 Å². The van der Waals surface area contributed by atoms with E-state index in [1.807, 2.05) is 0 Å². The van der Waals surface area contributed by atoms with Gasteiger partial charge in [-0.05, 0) is 42.4 Å². The van der Waals surface area contributed by atoms with Crippen molar-refractivity contribution in [2.75, 3.05) is 6.54 Å². The molecule has 1 aliphatic heterocycles. The lowest BCUT2D eigenvalue weighted by Gasteiger charge is -2.52. The van der Waals surface area contributed by atoms with Crippen LogP contribution in [0.3, 0.4) is 0 Å². The molecule has 0 radical (unpaired) electrons. The van der Waals surface area contributed by atoms with Gasteiger partial charge in [-0.3, -0.25) is 14.9 Å². The average molecular weight is 320 g/mol. The molecule has 5 heteroatoms. The van der Waals surface area contributed by atoms with Crippen molar-refractivity contribution in [2.24, 2.45) is 5.41 Å². The summed E-state index contributed by atoms with van der Waals surface area (Å²) >= 11 is 0. The van der Waals surface area contributed by atoms with Crippen LogP contribution in [0.25, 0.3) is 0 Å². The number of hydrogen-bond donors (Lipinski definition) is 2. The van der Waals surface area contributed by atoms with Gasteiger partial charge in [0, 0.05) is 30.3 Å². The van der Waals surface area contributed by atoms with Gasteiger partial charge >= 0.3 is 0 Å². The minimum absolute atomic E-state index is 0.178. The Bertz CT molecular complexity index is 605. The summed E-state index contributed by atoms with van der Waals surface area (Å²) in [6.45, 7) is 6.05. The summed E-state index contributed by atoms with van der Waals surface area (Å²) in [7, 11) is 0. The first-order valence-electron chi connectivity index (χ1n) is 8.51. The summed E-state index contributed by atoms with van der Waals surface area (Å²) in [5, 5.41) is 8.70. The number of halogens is 1. The highest BCUT2D eigenvalue weighted by Gasteiger charge is 2.44. The molecule has 23 heavy (non-hydrogen) atoms. The number of hydroxylamine groups is 1. The first kappa shape index (κ1) is 16.4. The average Bonchev–Trinajstić information content (AvgIpc) is 2.54. The second-order valence-corrected chi connectivity index (χ2v) is 7.03. The largest absolute Gasteiger partial charge is 0.296 e. The highest BCUT2D eigenvalue weighted by atomic mass is 19.1. The van der Waals surface area contributed by atoms with Crippen LogP contribution < -0.4 is 5.48 Å². The van der Waals surface area contributed by atoms with E-state index in [4.69, 9.17) is 5.21 Å². The zero-order valence-electron chi connectivity index (χ0n) is 13.9. The maximum atomic E-state index is 14.4. The topological polar surface area (TPSA) is 52.6 Å². The maximum Gasteiger partial charge on any atom is 0.274 e. The van der Waals surface area contributed by atoms with E-state index in [1.165, 1.54) is 31.7 Å². The van der Waals surface area contributed by atoms with E-state index in [0.717, 1.165) is 18.5 Å². The molecule has 0 unspecified atom stereocenters. The van der Waals surface area contributed by atoms with Crippen LogP contribution in [0.5, 0.6) is 0 Å². The number of carbonyl (C=O) groups excluding carboxylic acids is 1. The molecule has 4 nitrogen and oxygen atoms in total. The molecule has 1 saturated carbocycles. The molecule has 0 bridgehead atoms. The predicted molar refractivity (Wildman–Crippen MR) is 85.8 cm³/mol. The molecule has 1 aromatic rings. The quantitative estimate of drug-likeness (QED) is 0.661. The van der Waals surface area contributed by atoms with Crippen LogP contribution in [0.15, 0.2) is 12.1 Å². The van der Waals surface area contributed by atoms with Crippen LogP contribution >= 0.6 is 0 Å². The number of benzene rings is 1. The minimum Gasteiger partial charge on any atom is -0.296 e. The van der Waals surface area contributed by atoms with E-state index < -0.39 is 5.91 Å². The molecule has 0 saturated heterocycles. The predicted octanol–water partition coefficient (Wildman–Crippen LogP) is 3.27. The fourth-order valence-electron chi connectivity index (χ4n) is 4.17. The third kappa shape index (κ3) is 2.88. The van der Waals surface area contributed by atoms with Gasteiger partial charge in [-0.25, -0.2) is 9.87 Å². The molecule has 0 aromatic heterocycles. The monoisotopic (exact) mass is 320 g/mol. The highest BCUT2D eigenvalue weighted by molar-refractivity contribution is 5.93. The van der Waals surface area contributed by atoms with E-state index in [2.05, 4.69) is 18.7 Å². The van der Waals surface area contributed by atoms with E-state index in [9.17, 15) is 9.18 Å². The van der Waals surface area contributed by atoms with Gasteiger partial charge in [-0.2, -0.15) is 0 Å². The smallest absolute Gasteiger partial charge is 0.274 e. The fourth-order valence-corrected chi connectivity index (χ4v) is 4.17. The van der Waals surface area contributed by atoms with Gasteiger partial charge in [0.15, 0.2) is 0 Å². The molecule has 0 atom stereocenters. The molecule has 1 amide bonds. The number of fused-ring (bicyclic) bond motifs is 1. The second kappa shape index (κ2) is 6.21. The summed E-state index contributed by atoms with van der Waals surface area (Å²) in [5.41, 5.74) is 3.83. The summed E-state index contributed by atoms with van der Waals surface area (Å²) in [6.07, 6.45) is 5.61. The maximum absolute atomic E-state index is 14.4. The van der Waals surface area contributed by atoms with Gasteiger partial charge in [0.2, 0.25) is 0 Å². The molecular formula is C18H25FN2O2. The van der Waals surface area contributed by atoms with Crippen LogP contribution in [-0.2, 0) is 13.0 Å².